The zero-order chi connectivity index (χ0) is 19.6. The number of methoxy groups -OCH3 is 1. The minimum atomic E-state index is -4.54. The van der Waals surface area contributed by atoms with Crippen molar-refractivity contribution in [1.29, 1.82) is 0 Å². The molecule has 3 aromatic rings. The molecule has 0 N–H and O–H groups in total. The number of aromatic nitrogens is 3. The Morgan fingerprint density at radius 1 is 1.33 bits per heavy atom. The van der Waals surface area contributed by atoms with Gasteiger partial charge in [0.1, 0.15) is 10.6 Å². The summed E-state index contributed by atoms with van der Waals surface area (Å²) in [4.78, 5) is 18.0. The first-order valence-corrected chi connectivity index (χ1v) is 8.51. The number of hydrogen-bond acceptors (Lipinski definition) is 7. The molecule has 144 valence electrons. The van der Waals surface area contributed by atoms with Crippen molar-refractivity contribution < 1.29 is 22.4 Å². The van der Waals surface area contributed by atoms with Gasteiger partial charge in [-0.25, -0.2) is 0 Å². The van der Waals surface area contributed by atoms with Gasteiger partial charge in [0.2, 0.25) is 12.2 Å². The molecule has 0 saturated heterocycles. The van der Waals surface area contributed by atoms with E-state index in [4.69, 9.17) is 9.26 Å². The summed E-state index contributed by atoms with van der Waals surface area (Å²) >= 11 is 1.01. The van der Waals surface area contributed by atoms with Crippen LogP contribution in [0.4, 0.5) is 23.9 Å². The molecule has 0 aliphatic rings. The molecule has 0 aliphatic carbocycles. The van der Waals surface area contributed by atoms with Crippen molar-refractivity contribution in [3.05, 3.63) is 46.6 Å². The van der Waals surface area contributed by atoms with E-state index in [9.17, 15) is 18.0 Å². The highest BCUT2D eigenvalue weighted by molar-refractivity contribution is 7.11. The molecule has 0 spiro atoms. The summed E-state index contributed by atoms with van der Waals surface area (Å²) in [5, 5.41) is 3.95. The summed E-state index contributed by atoms with van der Waals surface area (Å²) in [5.74, 6) is 0.0127. The van der Waals surface area contributed by atoms with Crippen molar-refractivity contribution >= 4 is 22.2 Å². The normalized spacial score (nSPS) is 11.7. The van der Waals surface area contributed by atoms with Crippen LogP contribution in [-0.4, -0.2) is 34.9 Å². The van der Waals surface area contributed by atoms with Gasteiger partial charge in [-0.2, -0.15) is 18.2 Å². The standard InChI is InChI=1S/C16H15F3N4O3S/c1-22(11-6-4-3-5-10(11)16(17,18)19)15-12(13-20-9-26-21-13)14(24)23(27-15)7-8-25-2/h3-6,9H,7-8H2,1-2H3. The van der Waals surface area contributed by atoms with Crippen molar-refractivity contribution in [3.8, 4) is 11.4 Å². The molecule has 27 heavy (non-hydrogen) atoms. The topological polar surface area (TPSA) is 73.4 Å². The van der Waals surface area contributed by atoms with Crippen LogP contribution < -0.4 is 10.5 Å². The molecule has 0 unspecified atom stereocenters. The van der Waals surface area contributed by atoms with Crippen molar-refractivity contribution in [2.45, 2.75) is 12.7 Å². The Hall–Kier alpha value is -2.66. The fraction of sp³-hybridized carbons (Fsp3) is 0.312. The molecular weight excluding hydrogens is 385 g/mol. The monoisotopic (exact) mass is 400 g/mol. The summed E-state index contributed by atoms with van der Waals surface area (Å²) in [6.07, 6.45) is -3.49. The fourth-order valence-electron chi connectivity index (χ4n) is 2.55. The second kappa shape index (κ2) is 7.53. The smallest absolute Gasteiger partial charge is 0.383 e. The van der Waals surface area contributed by atoms with Gasteiger partial charge in [0.25, 0.3) is 5.56 Å². The molecule has 0 saturated carbocycles. The Labute approximate surface area is 155 Å². The van der Waals surface area contributed by atoms with E-state index in [0.717, 1.165) is 24.0 Å². The third kappa shape index (κ3) is 3.74. The van der Waals surface area contributed by atoms with E-state index in [-0.39, 0.29) is 35.2 Å². The van der Waals surface area contributed by atoms with Crippen LogP contribution in [0, 0.1) is 0 Å². The number of benzene rings is 1. The van der Waals surface area contributed by atoms with E-state index < -0.39 is 17.3 Å². The molecule has 0 bridgehead atoms. The Morgan fingerprint density at radius 3 is 2.70 bits per heavy atom. The molecule has 2 heterocycles. The highest BCUT2D eigenvalue weighted by atomic mass is 32.1. The summed E-state index contributed by atoms with van der Waals surface area (Å²) in [6, 6.07) is 5.14. The lowest BCUT2D eigenvalue weighted by molar-refractivity contribution is -0.137. The number of hydrogen-bond donors (Lipinski definition) is 0. The molecule has 0 aliphatic heterocycles. The fourth-order valence-corrected chi connectivity index (χ4v) is 3.58. The van der Waals surface area contributed by atoms with Crippen LogP contribution >= 0.6 is 11.5 Å². The lowest BCUT2D eigenvalue weighted by Crippen LogP contribution is -2.19. The summed E-state index contributed by atoms with van der Waals surface area (Å²) in [5.41, 5.74) is -1.25. The summed E-state index contributed by atoms with van der Waals surface area (Å²) in [7, 11) is 2.95. The first kappa shape index (κ1) is 19.1. The third-order valence-electron chi connectivity index (χ3n) is 3.81. The van der Waals surface area contributed by atoms with Crippen LogP contribution in [-0.2, 0) is 17.5 Å². The highest BCUT2D eigenvalue weighted by Crippen LogP contribution is 2.41. The van der Waals surface area contributed by atoms with Gasteiger partial charge in [-0.15, -0.1) is 0 Å². The van der Waals surface area contributed by atoms with Gasteiger partial charge in [-0.3, -0.25) is 8.75 Å². The van der Waals surface area contributed by atoms with Gasteiger partial charge in [0, 0.05) is 14.2 Å². The van der Waals surface area contributed by atoms with Crippen LogP contribution in [0.5, 0.6) is 0 Å². The largest absolute Gasteiger partial charge is 0.418 e. The van der Waals surface area contributed by atoms with Gasteiger partial charge in [-0.05, 0) is 23.7 Å². The Morgan fingerprint density at radius 2 is 2.07 bits per heavy atom. The maximum Gasteiger partial charge on any atom is 0.418 e. The van der Waals surface area contributed by atoms with E-state index in [1.807, 2.05) is 0 Å². The average molecular weight is 400 g/mol. The van der Waals surface area contributed by atoms with Gasteiger partial charge >= 0.3 is 6.18 Å². The number of ether oxygens (including phenoxy) is 1. The van der Waals surface area contributed by atoms with Crippen molar-refractivity contribution in [2.24, 2.45) is 0 Å². The first-order valence-electron chi connectivity index (χ1n) is 7.74. The average Bonchev–Trinajstić information content (AvgIpc) is 3.26. The lowest BCUT2D eigenvalue weighted by atomic mass is 10.1. The number of para-hydroxylation sites is 1. The number of anilines is 2. The molecule has 11 heteroatoms. The predicted octanol–water partition coefficient (Wildman–Crippen LogP) is 3.39. The van der Waals surface area contributed by atoms with E-state index in [1.165, 1.54) is 41.2 Å². The number of nitrogens with zero attached hydrogens (tertiary/aromatic N) is 4. The zero-order valence-corrected chi connectivity index (χ0v) is 15.2. The van der Waals surface area contributed by atoms with Crippen molar-refractivity contribution in [2.75, 3.05) is 25.7 Å². The molecule has 0 fully saturated rings. The van der Waals surface area contributed by atoms with Crippen LogP contribution in [0.15, 0.2) is 40.0 Å². The lowest BCUT2D eigenvalue weighted by Gasteiger charge is -2.22. The second-order valence-electron chi connectivity index (χ2n) is 5.50. The predicted molar refractivity (Wildman–Crippen MR) is 93.3 cm³/mol. The van der Waals surface area contributed by atoms with E-state index in [1.54, 1.807) is 0 Å². The molecule has 7 nitrogen and oxygen atoms in total. The maximum absolute atomic E-state index is 13.4. The van der Waals surface area contributed by atoms with Gasteiger partial charge < -0.3 is 14.2 Å². The maximum atomic E-state index is 13.4. The molecule has 0 atom stereocenters. The quantitative estimate of drug-likeness (QED) is 0.632. The SMILES string of the molecule is COCCn1sc(N(C)c2ccccc2C(F)(F)F)c(-c2ncon2)c1=O. The van der Waals surface area contributed by atoms with E-state index >= 15 is 0 Å². The van der Waals surface area contributed by atoms with Crippen LogP contribution in [0.2, 0.25) is 0 Å². The summed E-state index contributed by atoms with van der Waals surface area (Å²) < 4.78 is 51.3. The Kier molecular flexibility index (Phi) is 5.33. The Balaban J connectivity index is 2.15. The number of rotatable bonds is 6. The van der Waals surface area contributed by atoms with Crippen LogP contribution in [0.1, 0.15) is 5.56 Å². The minimum absolute atomic E-state index is 0.0127. The molecule has 3 rings (SSSR count). The van der Waals surface area contributed by atoms with Crippen molar-refractivity contribution in [1.82, 2.24) is 14.1 Å². The number of alkyl halides is 3. The van der Waals surface area contributed by atoms with Crippen LogP contribution in [0.25, 0.3) is 11.4 Å². The first-order chi connectivity index (χ1) is 12.8. The molecule has 0 radical (unpaired) electrons. The third-order valence-corrected chi connectivity index (χ3v) is 5.03. The zero-order valence-electron chi connectivity index (χ0n) is 14.4. The number of halogens is 3. The van der Waals surface area contributed by atoms with Gasteiger partial charge in [0.15, 0.2) is 0 Å². The van der Waals surface area contributed by atoms with Crippen LogP contribution in [0.3, 0.4) is 0 Å². The highest BCUT2D eigenvalue weighted by Gasteiger charge is 2.35. The van der Waals surface area contributed by atoms with E-state index in [2.05, 4.69) is 10.1 Å². The van der Waals surface area contributed by atoms with E-state index in [0.29, 0.717) is 0 Å². The molecule has 2 aromatic heterocycles. The second-order valence-corrected chi connectivity index (χ2v) is 6.51. The molecule has 0 amide bonds. The summed E-state index contributed by atoms with van der Waals surface area (Å²) in [6.45, 7) is 0.522. The van der Waals surface area contributed by atoms with Gasteiger partial charge in [0.05, 0.1) is 24.4 Å². The molecule has 1 aromatic carbocycles. The minimum Gasteiger partial charge on any atom is -0.383 e. The Bertz CT molecular complexity index is 966. The van der Waals surface area contributed by atoms with Crippen molar-refractivity contribution in [3.63, 3.8) is 0 Å². The van der Waals surface area contributed by atoms with Gasteiger partial charge in [-0.1, -0.05) is 17.3 Å². The molecular formula is C16H15F3N4O3S.